The van der Waals surface area contributed by atoms with E-state index in [2.05, 4.69) is 10.2 Å². The number of alkyl halides is 3. The average Bonchev–Trinajstić information content (AvgIpc) is 3.07. The zero-order valence-electron chi connectivity index (χ0n) is 13.3. The summed E-state index contributed by atoms with van der Waals surface area (Å²) in [5, 5.41) is 6.79. The molecule has 2 N–H and O–H groups in total. The van der Waals surface area contributed by atoms with Crippen molar-refractivity contribution in [1.82, 2.24) is 20.1 Å². The van der Waals surface area contributed by atoms with Crippen LogP contribution < -0.4 is 5.56 Å². The smallest absolute Gasteiger partial charge is 0.339 e. The average molecular weight is 354 g/mol. The molecular formula is C16H17F3N4O2. The lowest BCUT2D eigenvalue weighted by molar-refractivity contribution is -0.138. The van der Waals surface area contributed by atoms with E-state index in [1.54, 1.807) is 6.20 Å². The quantitative estimate of drug-likeness (QED) is 0.887. The Kier molecular flexibility index (Phi) is 4.65. The zero-order valence-corrected chi connectivity index (χ0v) is 13.3. The third-order valence-electron chi connectivity index (χ3n) is 4.42. The largest absolute Gasteiger partial charge is 0.421 e. The normalized spacial score (nSPS) is 16.2. The highest BCUT2D eigenvalue weighted by atomic mass is 19.4. The molecule has 0 aromatic carbocycles. The number of aromatic amines is 2. The molecule has 0 bridgehead atoms. The molecule has 0 saturated carbocycles. The van der Waals surface area contributed by atoms with E-state index in [9.17, 15) is 22.8 Å². The number of halogens is 3. The molecular weight excluding hydrogens is 337 g/mol. The first-order valence-corrected chi connectivity index (χ1v) is 7.92. The van der Waals surface area contributed by atoms with Gasteiger partial charge in [-0.15, -0.1) is 0 Å². The van der Waals surface area contributed by atoms with Gasteiger partial charge in [-0.25, -0.2) is 0 Å². The number of nitrogens with zero attached hydrogens (tertiary/aromatic N) is 2. The van der Waals surface area contributed by atoms with E-state index in [0.717, 1.165) is 31.2 Å². The van der Waals surface area contributed by atoms with E-state index in [-0.39, 0.29) is 5.56 Å². The highest BCUT2D eigenvalue weighted by Crippen LogP contribution is 2.27. The first-order valence-electron chi connectivity index (χ1n) is 7.92. The highest BCUT2D eigenvalue weighted by Gasteiger charge is 2.35. The van der Waals surface area contributed by atoms with Gasteiger partial charge in [0.1, 0.15) is 5.56 Å². The van der Waals surface area contributed by atoms with E-state index >= 15 is 0 Å². The second kappa shape index (κ2) is 6.73. The molecule has 9 heteroatoms. The van der Waals surface area contributed by atoms with Crippen molar-refractivity contribution in [3.8, 4) is 0 Å². The minimum atomic E-state index is -4.79. The number of carbonyl (C=O) groups is 1. The number of H-pyrrole nitrogens is 2. The summed E-state index contributed by atoms with van der Waals surface area (Å²) >= 11 is 0. The third kappa shape index (κ3) is 3.92. The van der Waals surface area contributed by atoms with E-state index in [0.29, 0.717) is 25.1 Å². The lowest BCUT2D eigenvalue weighted by atomic mass is 9.92. The van der Waals surface area contributed by atoms with Crippen molar-refractivity contribution in [2.24, 2.45) is 5.92 Å². The molecule has 2 aromatic heterocycles. The second-order valence-corrected chi connectivity index (χ2v) is 6.15. The van der Waals surface area contributed by atoms with Gasteiger partial charge < -0.3 is 9.88 Å². The molecule has 1 saturated heterocycles. The van der Waals surface area contributed by atoms with Crippen molar-refractivity contribution in [3.63, 3.8) is 0 Å². The predicted octanol–water partition coefficient (Wildman–Crippen LogP) is 2.21. The van der Waals surface area contributed by atoms with Crippen molar-refractivity contribution < 1.29 is 18.0 Å². The van der Waals surface area contributed by atoms with Crippen molar-refractivity contribution in [3.05, 3.63) is 51.7 Å². The number of piperidine rings is 1. The van der Waals surface area contributed by atoms with Crippen LogP contribution in [-0.2, 0) is 12.6 Å². The first kappa shape index (κ1) is 17.2. The Morgan fingerprint density at radius 2 is 2.04 bits per heavy atom. The molecule has 2 aromatic rings. The van der Waals surface area contributed by atoms with Gasteiger partial charge in [-0.1, -0.05) is 0 Å². The molecule has 0 aliphatic carbocycles. The van der Waals surface area contributed by atoms with Crippen LogP contribution in [-0.4, -0.2) is 39.1 Å². The lowest BCUT2D eigenvalue weighted by Crippen LogP contribution is -2.39. The fourth-order valence-corrected chi connectivity index (χ4v) is 3.05. The van der Waals surface area contributed by atoms with Crippen LogP contribution in [0.2, 0.25) is 0 Å². The first-order chi connectivity index (χ1) is 11.8. The summed E-state index contributed by atoms with van der Waals surface area (Å²) in [4.78, 5) is 27.3. The van der Waals surface area contributed by atoms with Crippen LogP contribution in [0.4, 0.5) is 13.2 Å². The molecule has 1 aliphatic heterocycles. The standard InChI is InChI=1S/C16H17F3N4O2/c17-16(18,19)13-8-11(9-20-14(13)24)15(25)23-5-2-10(3-6-23)7-12-1-4-21-22-12/h1,4,8-10H,2-3,5-7H2,(H,20,24)(H,21,22). The lowest BCUT2D eigenvalue weighted by Gasteiger charge is -2.32. The number of pyridine rings is 1. The number of likely N-dealkylation sites (tertiary alicyclic amines) is 1. The van der Waals surface area contributed by atoms with E-state index in [1.165, 1.54) is 4.90 Å². The Hall–Kier alpha value is -2.58. The van der Waals surface area contributed by atoms with Crippen LogP contribution in [0.5, 0.6) is 0 Å². The Morgan fingerprint density at radius 3 is 2.64 bits per heavy atom. The molecule has 25 heavy (non-hydrogen) atoms. The van der Waals surface area contributed by atoms with Gasteiger partial charge in [-0.05, 0) is 37.3 Å². The number of aromatic nitrogens is 3. The fraction of sp³-hybridized carbons (Fsp3) is 0.438. The minimum absolute atomic E-state index is 0.154. The second-order valence-electron chi connectivity index (χ2n) is 6.15. The van der Waals surface area contributed by atoms with Gasteiger partial charge in [-0.3, -0.25) is 14.7 Å². The van der Waals surface area contributed by atoms with E-state index in [4.69, 9.17) is 0 Å². The van der Waals surface area contributed by atoms with Gasteiger partial charge in [0.15, 0.2) is 0 Å². The maximum Gasteiger partial charge on any atom is 0.421 e. The van der Waals surface area contributed by atoms with Crippen LogP contribution in [0, 0.1) is 5.92 Å². The molecule has 0 unspecified atom stereocenters. The van der Waals surface area contributed by atoms with Crippen molar-refractivity contribution >= 4 is 5.91 Å². The number of rotatable bonds is 3. The Balaban J connectivity index is 1.66. The molecule has 0 atom stereocenters. The summed E-state index contributed by atoms with van der Waals surface area (Å²) in [5.41, 5.74) is -1.73. The highest BCUT2D eigenvalue weighted by molar-refractivity contribution is 5.94. The number of hydrogen-bond donors (Lipinski definition) is 2. The number of hydrogen-bond acceptors (Lipinski definition) is 3. The van der Waals surface area contributed by atoms with Crippen LogP contribution in [0.15, 0.2) is 29.3 Å². The zero-order chi connectivity index (χ0) is 18.0. The number of amides is 1. The molecule has 6 nitrogen and oxygen atoms in total. The molecule has 1 fully saturated rings. The van der Waals surface area contributed by atoms with Crippen LogP contribution >= 0.6 is 0 Å². The van der Waals surface area contributed by atoms with Gasteiger partial charge in [0.25, 0.3) is 11.5 Å². The van der Waals surface area contributed by atoms with Gasteiger partial charge in [0.05, 0.1) is 5.56 Å². The molecule has 0 radical (unpaired) electrons. The Bertz CT molecular complexity index is 790. The fourth-order valence-electron chi connectivity index (χ4n) is 3.05. The summed E-state index contributed by atoms with van der Waals surface area (Å²) in [6.07, 6.45) is 0.291. The van der Waals surface area contributed by atoms with E-state index in [1.807, 2.05) is 11.1 Å². The molecule has 0 spiro atoms. The SMILES string of the molecule is O=C(c1c[nH]c(=O)c(C(F)(F)F)c1)N1CCC(Cc2ccn[nH]2)CC1. The van der Waals surface area contributed by atoms with Gasteiger partial charge in [0.2, 0.25) is 0 Å². The summed E-state index contributed by atoms with van der Waals surface area (Å²) in [7, 11) is 0. The van der Waals surface area contributed by atoms with Crippen molar-refractivity contribution in [1.29, 1.82) is 0 Å². The van der Waals surface area contributed by atoms with Crippen LogP contribution in [0.25, 0.3) is 0 Å². The summed E-state index contributed by atoms with van der Waals surface area (Å²) < 4.78 is 38.4. The maximum atomic E-state index is 12.8. The molecule has 1 amide bonds. The summed E-state index contributed by atoms with van der Waals surface area (Å²) in [6.45, 7) is 0.941. The van der Waals surface area contributed by atoms with Crippen molar-refractivity contribution in [2.45, 2.75) is 25.4 Å². The molecule has 134 valence electrons. The van der Waals surface area contributed by atoms with Gasteiger partial charge in [-0.2, -0.15) is 18.3 Å². The number of nitrogens with one attached hydrogen (secondary N) is 2. The van der Waals surface area contributed by atoms with Gasteiger partial charge in [0, 0.05) is 31.2 Å². The summed E-state index contributed by atoms with van der Waals surface area (Å²) in [5.74, 6) is -0.104. The topological polar surface area (TPSA) is 81.8 Å². The van der Waals surface area contributed by atoms with E-state index < -0.39 is 23.2 Å². The summed E-state index contributed by atoms with van der Waals surface area (Å²) in [6, 6.07) is 2.52. The Morgan fingerprint density at radius 1 is 1.32 bits per heavy atom. The van der Waals surface area contributed by atoms with Crippen LogP contribution in [0.3, 0.4) is 0 Å². The molecule has 3 rings (SSSR count). The van der Waals surface area contributed by atoms with Gasteiger partial charge >= 0.3 is 6.18 Å². The Labute approximate surface area is 141 Å². The van der Waals surface area contributed by atoms with Crippen LogP contribution in [0.1, 0.15) is 34.5 Å². The molecule has 3 heterocycles. The third-order valence-corrected chi connectivity index (χ3v) is 4.42. The maximum absolute atomic E-state index is 12.8. The molecule has 1 aliphatic rings. The number of carbonyl (C=O) groups excluding carboxylic acids is 1. The minimum Gasteiger partial charge on any atom is -0.339 e. The predicted molar refractivity (Wildman–Crippen MR) is 83.0 cm³/mol. The van der Waals surface area contributed by atoms with Crippen molar-refractivity contribution in [2.75, 3.05) is 13.1 Å². The monoisotopic (exact) mass is 354 g/mol.